The molecule has 136 valence electrons. The van der Waals surface area contributed by atoms with Crippen molar-refractivity contribution >= 4 is 28.6 Å². The van der Waals surface area contributed by atoms with Gasteiger partial charge in [0.2, 0.25) is 5.82 Å². The monoisotopic (exact) mass is 356 g/mol. The lowest BCUT2D eigenvalue weighted by molar-refractivity contribution is 0.0512. The number of ether oxygens (including phenoxy) is 2. The molecule has 0 fully saturated rings. The Balaban J connectivity index is 2.10. The summed E-state index contributed by atoms with van der Waals surface area (Å²) in [5.74, 6) is 0.386. The lowest BCUT2D eigenvalue weighted by atomic mass is 10.2. The fraction of sp³-hybridized carbons (Fsp3) is 0.333. The first-order valence-corrected chi connectivity index (χ1v) is 8.50. The van der Waals surface area contributed by atoms with E-state index in [9.17, 15) is 4.79 Å². The van der Waals surface area contributed by atoms with Gasteiger partial charge in [-0.15, -0.1) is 0 Å². The summed E-state index contributed by atoms with van der Waals surface area (Å²) in [7, 11) is 0. The summed E-state index contributed by atoms with van der Waals surface area (Å²) in [6.07, 6.45) is 0.636. The van der Waals surface area contributed by atoms with Crippen molar-refractivity contribution in [1.29, 1.82) is 0 Å². The Kier molecular flexibility index (Phi) is 5.31. The van der Waals surface area contributed by atoms with Gasteiger partial charge in [-0.05, 0) is 32.4 Å². The van der Waals surface area contributed by atoms with Gasteiger partial charge in [0, 0.05) is 0 Å². The number of esters is 1. The van der Waals surface area contributed by atoms with E-state index in [-0.39, 0.29) is 18.1 Å². The number of hydrogen-bond acceptors (Lipinski definition) is 8. The van der Waals surface area contributed by atoms with Gasteiger partial charge in [-0.2, -0.15) is 4.98 Å². The minimum absolute atomic E-state index is 0.0884. The van der Waals surface area contributed by atoms with Crippen LogP contribution in [0.1, 0.15) is 37.1 Å². The summed E-state index contributed by atoms with van der Waals surface area (Å²) < 4.78 is 15.9. The summed E-state index contributed by atoms with van der Waals surface area (Å²) in [5.41, 5.74) is 1.65. The van der Waals surface area contributed by atoms with E-state index in [1.54, 1.807) is 6.92 Å². The molecule has 0 amide bonds. The zero-order chi connectivity index (χ0) is 18.5. The van der Waals surface area contributed by atoms with E-state index in [1.807, 2.05) is 38.1 Å². The van der Waals surface area contributed by atoms with Crippen molar-refractivity contribution in [3.8, 4) is 5.75 Å². The van der Waals surface area contributed by atoms with Crippen LogP contribution in [0.5, 0.6) is 5.75 Å². The summed E-state index contributed by atoms with van der Waals surface area (Å²) in [6.45, 7) is 6.34. The maximum absolute atomic E-state index is 12.1. The molecular weight excluding hydrogens is 336 g/mol. The van der Waals surface area contributed by atoms with E-state index >= 15 is 0 Å². The molecule has 0 aliphatic heterocycles. The van der Waals surface area contributed by atoms with E-state index < -0.39 is 5.97 Å². The maximum Gasteiger partial charge on any atom is 0.376 e. The van der Waals surface area contributed by atoms with Crippen LogP contribution in [0.15, 0.2) is 28.8 Å². The molecule has 0 bridgehead atoms. The number of nitrogens with one attached hydrogen (secondary N) is 1. The summed E-state index contributed by atoms with van der Waals surface area (Å²) in [5, 5.41) is 7.87. The number of benzene rings is 1. The number of anilines is 2. The van der Waals surface area contributed by atoms with Crippen molar-refractivity contribution < 1.29 is 18.8 Å². The zero-order valence-electron chi connectivity index (χ0n) is 14.9. The molecule has 8 nitrogen and oxygen atoms in total. The molecular formula is C18H20N4O4. The Morgan fingerprint density at radius 2 is 1.96 bits per heavy atom. The Morgan fingerprint density at radius 1 is 1.15 bits per heavy atom. The third-order valence-corrected chi connectivity index (χ3v) is 3.64. The number of para-hydroxylation sites is 2. The average Bonchev–Trinajstić information content (AvgIpc) is 3.07. The lowest BCUT2D eigenvalue weighted by Crippen LogP contribution is -2.11. The first-order valence-electron chi connectivity index (χ1n) is 8.50. The number of aromatic nitrogens is 3. The Hall–Kier alpha value is -3.16. The van der Waals surface area contributed by atoms with Gasteiger partial charge < -0.3 is 19.3 Å². The van der Waals surface area contributed by atoms with E-state index in [2.05, 4.69) is 20.4 Å². The fourth-order valence-corrected chi connectivity index (χ4v) is 2.51. The number of aryl methyl sites for hydroxylation is 1. The highest BCUT2D eigenvalue weighted by Gasteiger charge is 2.21. The average molecular weight is 356 g/mol. The molecule has 0 unspecified atom stereocenters. The number of fused-ring (bicyclic) bond motifs is 1. The number of hydrogen-bond donors (Lipinski definition) is 1. The van der Waals surface area contributed by atoms with Gasteiger partial charge in [-0.3, -0.25) is 0 Å². The molecule has 3 rings (SSSR count). The molecule has 2 heterocycles. The molecule has 2 aromatic heterocycles. The highest BCUT2D eigenvalue weighted by molar-refractivity contribution is 5.94. The smallest absolute Gasteiger partial charge is 0.376 e. The van der Waals surface area contributed by atoms with Crippen molar-refractivity contribution in [2.75, 3.05) is 18.5 Å². The van der Waals surface area contributed by atoms with E-state index in [4.69, 9.17) is 14.0 Å². The van der Waals surface area contributed by atoms with Gasteiger partial charge in [-0.1, -0.05) is 24.2 Å². The van der Waals surface area contributed by atoms with Gasteiger partial charge >= 0.3 is 5.97 Å². The van der Waals surface area contributed by atoms with Crippen LogP contribution in [-0.2, 0) is 11.2 Å². The van der Waals surface area contributed by atoms with Gasteiger partial charge in [0.25, 0.3) is 5.71 Å². The van der Waals surface area contributed by atoms with Crippen LogP contribution in [0.25, 0.3) is 11.1 Å². The molecule has 8 heteroatoms. The highest BCUT2D eigenvalue weighted by Crippen LogP contribution is 2.31. The lowest BCUT2D eigenvalue weighted by Gasteiger charge is -2.12. The molecule has 26 heavy (non-hydrogen) atoms. The van der Waals surface area contributed by atoms with Crippen LogP contribution in [-0.4, -0.2) is 34.3 Å². The van der Waals surface area contributed by atoms with Crippen molar-refractivity contribution in [1.82, 2.24) is 15.1 Å². The van der Waals surface area contributed by atoms with Crippen LogP contribution < -0.4 is 10.1 Å². The molecule has 0 atom stereocenters. The van der Waals surface area contributed by atoms with E-state index in [0.29, 0.717) is 41.4 Å². The van der Waals surface area contributed by atoms with Crippen LogP contribution in [0.4, 0.5) is 11.5 Å². The second-order valence-electron chi connectivity index (χ2n) is 5.33. The number of rotatable bonds is 7. The number of carbonyl (C=O) groups is 1. The molecule has 1 aromatic carbocycles. The molecule has 0 saturated heterocycles. The molecule has 0 saturated carbocycles. The first kappa shape index (κ1) is 17.7. The molecule has 1 N–H and O–H groups in total. The Morgan fingerprint density at radius 3 is 2.69 bits per heavy atom. The number of nitrogens with zero attached hydrogens (tertiary/aromatic N) is 3. The normalized spacial score (nSPS) is 10.7. The summed E-state index contributed by atoms with van der Waals surface area (Å²) in [4.78, 5) is 20.6. The van der Waals surface area contributed by atoms with Gasteiger partial charge in [-0.25, -0.2) is 9.78 Å². The molecule has 0 aliphatic carbocycles. The first-order chi connectivity index (χ1) is 12.7. The standard InChI is InChI=1S/C18H20N4O4/c1-4-11-14-15(19-12-9-7-8-10-13(12)24-5-2)20-16(18(23)25-6-3)21-17(14)26-22-11/h7-10H,4-6H2,1-3H3,(H,19,20,21). The second-order valence-corrected chi connectivity index (χ2v) is 5.33. The van der Waals surface area contributed by atoms with Crippen molar-refractivity contribution in [2.45, 2.75) is 27.2 Å². The molecule has 0 spiro atoms. The zero-order valence-corrected chi connectivity index (χ0v) is 14.9. The Bertz CT molecular complexity index is 923. The topological polar surface area (TPSA) is 99.4 Å². The van der Waals surface area contributed by atoms with Crippen molar-refractivity contribution in [2.24, 2.45) is 0 Å². The minimum Gasteiger partial charge on any atom is -0.492 e. The third-order valence-electron chi connectivity index (χ3n) is 3.64. The molecule has 3 aromatic rings. The van der Waals surface area contributed by atoms with Crippen LogP contribution in [0.3, 0.4) is 0 Å². The van der Waals surface area contributed by atoms with Gasteiger partial charge in [0.05, 0.1) is 24.6 Å². The predicted molar refractivity (Wildman–Crippen MR) is 95.8 cm³/mol. The van der Waals surface area contributed by atoms with E-state index in [0.717, 1.165) is 0 Å². The van der Waals surface area contributed by atoms with E-state index in [1.165, 1.54) is 0 Å². The second kappa shape index (κ2) is 7.81. The fourth-order valence-electron chi connectivity index (χ4n) is 2.51. The quantitative estimate of drug-likeness (QED) is 0.642. The van der Waals surface area contributed by atoms with Crippen molar-refractivity contribution in [3.63, 3.8) is 0 Å². The summed E-state index contributed by atoms with van der Waals surface area (Å²) in [6, 6.07) is 7.48. The van der Waals surface area contributed by atoms with Crippen LogP contribution in [0.2, 0.25) is 0 Å². The SMILES string of the molecule is CCOC(=O)c1nc(Nc2ccccc2OCC)c2c(CC)noc2n1. The van der Waals surface area contributed by atoms with Crippen LogP contribution >= 0.6 is 0 Å². The summed E-state index contributed by atoms with van der Waals surface area (Å²) >= 11 is 0. The molecule has 0 radical (unpaired) electrons. The van der Waals surface area contributed by atoms with Gasteiger partial charge in [0.15, 0.2) is 0 Å². The maximum atomic E-state index is 12.1. The van der Waals surface area contributed by atoms with Gasteiger partial charge in [0.1, 0.15) is 17.0 Å². The minimum atomic E-state index is -0.620. The third kappa shape index (κ3) is 3.44. The highest BCUT2D eigenvalue weighted by atomic mass is 16.5. The predicted octanol–water partition coefficient (Wildman–Crippen LogP) is 3.50. The largest absolute Gasteiger partial charge is 0.492 e. The molecule has 0 aliphatic rings. The Labute approximate surface area is 150 Å². The number of carbonyl (C=O) groups excluding carboxylic acids is 1. The van der Waals surface area contributed by atoms with Crippen LogP contribution in [0, 0.1) is 0 Å². The van der Waals surface area contributed by atoms with Crippen molar-refractivity contribution in [3.05, 3.63) is 35.8 Å².